The average molecular weight is 397 g/mol. The Balaban J connectivity index is 2.51. The Hall–Kier alpha value is -1.96. The molecule has 0 aromatic heterocycles. The number of carbonyl (C=O) groups is 3. The van der Waals surface area contributed by atoms with Crippen LogP contribution in [0.4, 0.5) is 0 Å². The minimum Gasteiger partial charge on any atom is -0.462 e. The lowest BCUT2D eigenvalue weighted by atomic mass is 9.87. The van der Waals surface area contributed by atoms with E-state index in [1.807, 2.05) is 18.7 Å². The van der Waals surface area contributed by atoms with E-state index in [-0.39, 0.29) is 30.9 Å². The summed E-state index contributed by atoms with van der Waals surface area (Å²) in [5.74, 6) is -1.39. The minimum absolute atomic E-state index is 0.101. The number of hydrogen-bond donors (Lipinski definition) is 0. The van der Waals surface area contributed by atoms with Crippen LogP contribution in [0.3, 0.4) is 0 Å². The topological polar surface area (TPSA) is 82.1 Å². The van der Waals surface area contributed by atoms with Gasteiger partial charge in [-0.3, -0.25) is 0 Å². The molecular weight excluding hydrogens is 370 g/mol. The molecule has 0 N–H and O–H groups in total. The second-order valence-electron chi connectivity index (χ2n) is 7.16. The van der Waals surface area contributed by atoms with Gasteiger partial charge in [-0.1, -0.05) is 13.8 Å². The summed E-state index contributed by atoms with van der Waals surface area (Å²) in [6.45, 7) is 11.6. The normalized spacial score (nSPS) is 17.9. The monoisotopic (exact) mass is 397 g/mol. The summed E-state index contributed by atoms with van der Waals surface area (Å²) in [4.78, 5) is 39.4. The quantitative estimate of drug-likeness (QED) is 0.222. The van der Waals surface area contributed by atoms with Crippen molar-refractivity contribution in [1.82, 2.24) is 4.90 Å². The Morgan fingerprint density at radius 2 is 1.67 bits per heavy atom. The van der Waals surface area contributed by atoms with E-state index in [2.05, 4.69) is 0 Å². The van der Waals surface area contributed by atoms with Gasteiger partial charge in [0.15, 0.2) is 5.57 Å². The van der Waals surface area contributed by atoms with Crippen molar-refractivity contribution < 1.29 is 28.6 Å². The van der Waals surface area contributed by atoms with Gasteiger partial charge in [0.2, 0.25) is 0 Å². The molecule has 0 aliphatic carbocycles. The number of thioether (sulfide) groups is 1. The molecule has 0 aromatic rings. The van der Waals surface area contributed by atoms with Crippen LogP contribution in [0.15, 0.2) is 21.9 Å². The fourth-order valence-corrected chi connectivity index (χ4v) is 4.53. The van der Waals surface area contributed by atoms with Crippen molar-refractivity contribution in [3.05, 3.63) is 21.9 Å². The van der Waals surface area contributed by atoms with Crippen molar-refractivity contribution in [3.63, 3.8) is 0 Å². The second-order valence-corrected chi connectivity index (χ2v) is 8.12. The number of rotatable bonds is 6. The van der Waals surface area contributed by atoms with Crippen molar-refractivity contribution in [2.45, 2.75) is 47.6 Å². The zero-order valence-electron chi connectivity index (χ0n) is 16.7. The molecule has 2 aliphatic heterocycles. The summed E-state index contributed by atoms with van der Waals surface area (Å²) in [7, 11) is 0. The average Bonchev–Trinajstić information content (AvgIpc) is 3.02. The Kier molecular flexibility index (Phi) is 6.62. The van der Waals surface area contributed by atoms with Gasteiger partial charge in [0.25, 0.3) is 0 Å². The van der Waals surface area contributed by atoms with E-state index < -0.39 is 17.4 Å². The van der Waals surface area contributed by atoms with Crippen LogP contribution < -0.4 is 0 Å². The zero-order chi connectivity index (χ0) is 20.4. The summed E-state index contributed by atoms with van der Waals surface area (Å²) in [6, 6.07) is 0. The van der Waals surface area contributed by atoms with Crippen molar-refractivity contribution >= 4 is 29.7 Å². The molecular formula is C19H27NO6S. The van der Waals surface area contributed by atoms with Gasteiger partial charge in [-0.05, 0) is 27.7 Å². The minimum atomic E-state index is -0.705. The van der Waals surface area contributed by atoms with Crippen molar-refractivity contribution in [3.8, 4) is 0 Å². The van der Waals surface area contributed by atoms with Gasteiger partial charge in [0.05, 0.1) is 35.6 Å². The number of hydrogen-bond acceptors (Lipinski definition) is 8. The summed E-state index contributed by atoms with van der Waals surface area (Å²) >= 11 is 1.42. The molecule has 0 unspecified atom stereocenters. The smallest absolute Gasteiger partial charge is 0.347 e. The molecule has 0 bridgehead atoms. The van der Waals surface area contributed by atoms with Crippen LogP contribution >= 0.6 is 11.8 Å². The third-order valence-electron chi connectivity index (χ3n) is 4.16. The number of nitrogens with zero attached hydrogens (tertiary/aromatic N) is 1. The van der Waals surface area contributed by atoms with E-state index in [9.17, 15) is 14.4 Å². The van der Waals surface area contributed by atoms with Gasteiger partial charge in [0, 0.05) is 17.7 Å². The van der Waals surface area contributed by atoms with E-state index in [4.69, 9.17) is 14.2 Å². The maximum Gasteiger partial charge on any atom is 0.347 e. The van der Waals surface area contributed by atoms with E-state index >= 15 is 0 Å². The molecule has 2 aliphatic rings. The number of esters is 3. The van der Waals surface area contributed by atoms with Gasteiger partial charge in [-0.2, -0.15) is 0 Å². The predicted octanol–water partition coefficient (Wildman–Crippen LogP) is 2.62. The van der Waals surface area contributed by atoms with Crippen LogP contribution in [0.1, 0.15) is 41.5 Å². The summed E-state index contributed by atoms with van der Waals surface area (Å²) in [5, 5.41) is 0.728. The predicted molar refractivity (Wildman–Crippen MR) is 101 cm³/mol. The number of ether oxygens (including phenoxy) is 3. The molecule has 1 fully saturated rings. The molecule has 7 nitrogen and oxygen atoms in total. The third-order valence-corrected chi connectivity index (χ3v) is 5.27. The van der Waals surface area contributed by atoms with Crippen LogP contribution in [0.2, 0.25) is 0 Å². The Bertz CT molecular complexity index is 687. The third kappa shape index (κ3) is 4.31. The number of carbonyl (C=O) groups excluding carboxylic acids is 3. The Labute approximate surface area is 164 Å². The zero-order valence-corrected chi connectivity index (χ0v) is 17.5. The van der Waals surface area contributed by atoms with E-state index in [1.54, 1.807) is 27.7 Å². The molecule has 150 valence electrons. The van der Waals surface area contributed by atoms with Crippen LogP contribution in [0, 0.1) is 5.41 Å². The van der Waals surface area contributed by atoms with Crippen LogP contribution in [0.25, 0.3) is 0 Å². The Morgan fingerprint density at radius 3 is 2.15 bits per heavy atom. The molecule has 27 heavy (non-hydrogen) atoms. The van der Waals surface area contributed by atoms with Crippen molar-refractivity contribution in [1.29, 1.82) is 0 Å². The summed E-state index contributed by atoms with van der Waals surface area (Å²) < 4.78 is 15.5. The fourth-order valence-electron chi connectivity index (χ4n) is 3.12. The van der Waals surface area contributed by atoms with Crippen LogP contribution in [0.5, 0.6) is 0 Å². The van der Waals surface area contributed by atoms with E-state index in [1.165, 1.54) is 11.8 Å². The lowest BCUT2D eigenvalue weighted by molar-refractivity contribution is -0.147. The molecule has 8 heteroatoms. The van der Waals surface area contributed by atoms with E-state index in [0.717, 1.165) is 5.03 Å². The lowest BCUT2D eigenvalue weighted by Gasteiger charge is -2.24. The highest BCUT2D eigenvalue weighted by molar-refractivity contribution is 8.03. The molecule has 0 amide bonds. The van der Waals surface area contributed by atoms with Crippen molar-refractivity contribution in [2.24, 2.45) is 5.41 Å². The standard InChI is InChI=1S/C19H27NO6S/c1-7-24-16(21)13(17(22)25-8-2)12-9-27-15-14(18(23)26-11(3)4)19(5,6)10-20(12)15/h11H,7-10H2,1-6H3. The highest BCUT2D eigenvalue weighted by Crippen LogP contribution is 2.50. The molecule has 0 atom stereocenters. The Morgan fingerprint density at radius 1 is 1.11 bits per heavy atom. The van der Waals surface area contributed by atoms with Gasteiger partial charge >= 0.3 is 17.9 Å². The molecule has 1 saturated heterocycles. The first-order chi connectivity index (χ1) is 12.6. The first-order valence-electron chi connectivity index (χ1n) is 9.07. The fraction of sp³-hybridized carbons (Fsp3) is 0.632. The first-order valence-corrected chi connectivity index (χ1v) is 10.1. The highest BCUT2D eigenvalue weighted by Gasteiger charge is 2.48. The first kappa shape index (κ1) is 21.3. The van der Waals surface area contributed by atoms with Crippen LogP contribution in [-0.4, -0.2) is 54.4 Å². The van der Waals surface area contributed by atoms with Gasteiger partial charge < -0.3 is 19.1 Å². The molecule has 0 spiro atoms. The number of fused-ring (bicyclic) bond motifs is 1. The maximum absolute atomic E-state index is 12.6. The summed E-state index contributed by atoms with van der Waals surface area (Å²) in [6.07, 6.45) is -0.230. The van der Waals surface area contributed by atoms with Gasteiger partial charge in [0.1, 0.15) is 0 Å². The lowest BCUT2D eigenvalue weighted by Crippen LogP contribution is -2.30. The SMILES string of the molecule is CCOC(=O)C(C(=O)OCC)=C1CSC2=C(C(=O)OC(C)C)C(C)(C)CN12. The molecule has 2 rings (SSSR count). The molecule has 0 radical (unpaired) electrons. The molecule has 2 heterocycles. The van der Waals surface area contributed by atoms with E-state index in [0.29, 0.717) is 23.6 Å². The van der Waals surface area contributed by atoms with Crippen LogP contribution in [-0.2, 0) is 28.6 Å². The largest absolute Gasteiger partial charge is 0.462 e. The molecule has 0 saturated carbocycles. The highest BCUT2D eigenvalue weighted by atomic mass is 32.2. The summed E-state index contributed by atoms with van der Waals surface area (Å²) in [5.41, 5.74) is 0.514. The molecule has 0 aromatic carbocycles. The van der Waals surface area contributed by atoms with Gasteiger partial charge in [-0.25, -0.2) is 14.4 Å². The maximum atomic E-state index is 12.6. The van der Waals surface area contributed by atoms with Crippen molar-refractivity contribution in [2.75, 3.05) is 25.5 Å². The second kappa shape index (κ2) is 8.37. The van der Waals surface area contributed by atoms with Gasteiger partial charge in [-0.15, -0.1) is 11.8 Å².